The molecular formula is C28H36O2S2. The van der Waals surface area contributed by atoms with E-state index >= 15 is 0 Å². The van der Waals surface area contributed by atoms with Gasteiger partial charge in [-0.2, -0.15) is 0 Å². The van der Waals surface area contributed by atoms with Crippen LogP contribution in [-0.2, 0) is 9.47 Å². The van der Waals surface area contributed by atoms with Crippen LogP contribution in [0.15, 0.2) is 58.5 Å². The van der Waals surface area contributed by atoms with Crippen molar-refractivity contribution in [3.05, 3.63) is 53.6 Å². The molecule has 0 radical (unpaired) electrons. The van der Waals surface area contributed by atoms with Crippen LogP contribution < -0.4 is 0 Å². The van der Waals surface area contributed by atoms with E-state index in [0.29, 0.717) is 11.5 Å². The third-order valence-corrected chi connectivity index (χ3v) is 11.6. The van der Waals surface area contributed by atoms with Gasteiger partial charge in [0.05, 0.1) is 25.9 Å². The van der Waals surface area contributed by atoms with E-state index in [1.807, 2.05) is 16.4 Å². The molecule has 1 heterocycles. The monoisotopic (exact) mass is 468 g/mol. The van der Waals surface area contributed by atoms with Gasteiger partial charge in [0, 0.05) is 21.5 Å². The molecule has 2 nitrogen and oxygen atoms in total. The number of benzene rings is 1. The molecular weight excluding hydrogens is 432 g/mol. The molecule has 32 heavy (non-hydrogen) atoms. The number of fused-ring (bicyclic) bond motifs is 4. The van der Waals surface area contributed by atoms with Gasteiger partial charge in [-0.05, 0) is 81.8 Å². The lowest BCUT2D eigenvalue weighted by atomic mass is 9.50. The fraction of sp³-hybridized carbons (Fsp3) is 0.643. The lowest BCUT2D eigenvalue weighted by Crippen LogP contribution is -2.49. The van der Waals surface area contributed by atoms with Crippen molar-refractivity contribution in [3.8, 4) is 0 Å². The zero-order chi connectivity index (χ0) is 21.4. The second-order valence-electron chi connectivity index (χ2n) is 10.5. The third-order valence-electron chi connectivity index (χ3n) is 9.23. The van der Waals surface area contributed by atoms with Gasteiger partial charge >= 0.3 is 0 Å². The van der Waals surface area contributed by atoms with Gasteiger partial charge in [-0.15, -0.1) is 0 Å². The lowest BCUT2D eigenvalue weighted by Gasteiger charge is -2.55. The van der Waals surface area contributed by atoms with E-state index in [-0.39, 0.29) is 5.41 Å². The highest BCUT2D eigenvalue weighted by Gasteiger charge is 2.59. The molecule has 0 amide bonds. The van der Waals surface area contributed by atoms with Gasteiger partial charge in [0.2, 0.25) is 0 Å². The molecule has 4 heteroatoms. The first-order chi connectivity index (χ1) is 15.8. The van der Waals surface area contributed by atoms with Gasteiger partial charge in [-0.1, -0.05) is 63.1 Å². The molecule has 0 aromatic heterocycles. The normalized spacial score (nSPS) is 38.4. The Labute approximate surface area is 201 Å². The van der Waals surface area contributed by atoms with Crippen LogP contribution in [0.2, 0.25) is 0 Å². The molecule has 0 bridgehead atoms. The van der Waals surface area contributed by atoms with Crippen LogP contribution in [-0.4, -0.2) is 31.7 Å². The summed E-state index contributed by atoms with van der Waals surface area (Å²) in [5, 5.41) is 0. The van der Waals surface area contributed by atoms with Crippen LogP contribution in [0.4, 0.5) is 0 Å². The molecule has 1 unspecified atom stereocenters. The Balaban J connectivity index is 1.25. The number of hydrogen-bond acceptors (Lipinski definition) is 4. The van der Waals surface area contributed by atoms with Crippen molar-refractivity contribution in [3.63, 3.8) is 0 Å². The molecule has 4 aliphatic carbocycles. The summed E-state index contributed by atoms with van der Waals surface area (Å²) in [7, 11) is 4.00. The average Bonchev–Trinajstić information content (AvgIpc) is 3.09. The van der Waals surface area contributed by atoms with E-state index in [4.69, 9.17) is 9.47 Å². The molecule has 3 fully saturated rings. The van der Waals surface area contributed by atoms with Gasteiger partial charge in [-0.25, -0.2) is 0 Å². The Morgan fingerprint density at radius 2 is 1.97 bits per heavy atom. The zero-order valence-corrected chi connectivity index (χ0v) is 20.7. The van der Waals surface area contributed by atoms with Gasteiger partial charge in [0.25, 0.3) is 0 Å². The number of hydrogen-bond donors (Lipinski definition) is 0. The number of allylic oxidation sites excluding steroid dienone is 4. The minimum absolute atomic E-state index is 0.250. The first-order valence-electron chi connectivity index (χ1n) is 12.8. The van der Waals surface area contributed by atoms with Crippen LogP contribution >= 0.6 is 21.6 Å². The van der Waals surface area contributed by atoms with E-state index in [1.165, 1.54) is 68.4 Å². The predicted octanol–water partition coefficient (Wildman–Crippen LogP) is 7.47. The van der Waals surface area contributed by atoms with E-state index in [9.17, 15) is 0 Å². The van der Waals surface area contributed by atoms with Gasteiger partial charge in [0.15, 0.2) is 0 Å². The largest absolute Gasteiger partial charge is 0.378 e. The van der Waals surface area contributed by atoms with Crippen molar-refractivity contribution in [2.24, 2.45) is 22.7 Å². The Morgan fingerprint density at radius 3 is 2.91 bits per heavy atom. The zero-order valence-electron chi connectivity index (χ0n) is 19.1. The highest BCUT2D eigenvalue weighted by molar-refractivity contribution is 8.76. The minimum atomic E-state index is 0.250. The Morgan fingerprint density at radius 1 is 1.03 bits per heavy atom. The molecule has 1 aromatic rings. The molecule has 1 aliphatic heterocycles. The fourth-order valence-corrected chi connectivity index (χ4v) is 10.0. The summed E-state index contributed by atoms with van der Waals surface area (Å²) in [4.78, 5) is 1.38. The van der Waals surface area contributed by atoms with Crippen molar-refractivity contribution in [2.45, 2.75) is 68.8 Å². The molecule has 2 saturated carbocycles. The summed E-state index contributed by atoms with van der Waals surface area (Å²) in [6, 6.07) is 10.9. The maximum Gasteiger partial charge on any atom is 0.0704 e. The highest BCUT2D eigenvalue weighted by atomic mass is 33.1. The molecule has 172 valence electrons. The van der Waals surface area contributed by atoms with Gasteiger partial charge in [0.1, 0.15) is 0 Å². The molecule has 1 aromatic carbocycles. The van der Waals surface area contributed by atoms with Crippen molar-refractivity contribution < 1.29 is 9.47 Å². The van der Waals surface area contributed by atoms with Crippen LogP contribution in [0.1, 0.15) is 57.8 Å². The molecule has 5 atom stereocenters. The van der Waals surface area contributed by atoms with Crippen molar-refractivity contribution >= 4 is 21.6 Å². The van der Waals surface area contributed by atoms with Crippen LogP contribution in [0.3, 0.4) is 0 Å². The summed E-state index contributed by atoms with van der Waals surface area (Å²) >= 11 is 0. The van der Waals surface area contributed by atoms with Gasteiger partial charge < -0.3 is 9.47 Å². The first kappa shape index (κ1) is 21.8. The molecule has 1 spiro atoms. The smallest absolute Gasteiger partial charge is 0.0704 e. The second kappa shape index (κ2) is 9.17. The van der Waals surface area contributed by atoms with Crippen LogP contribution in [0.5, 0.6) is 0 Å². The maximum absolute atomic E-state index is 6.35. The lowest BCUT2D eigenvalue weighted by molar-refractivity contribution is -0.0455. The second-order valence-corrected chi connectivity index (χ2v) is 13.0. The SMILES string of the molecule is C1=C2CC[C@@H]3C(=CC[C@]45COCCOC4CC[C@@H]35)[C@@]2(CCSSc2ccccc2)CCC1. The van der Waals surface area contributed by atoms with E-state index < -0.39 is 0 Å². The molecule has 0 N–H and O–H groups in total. The summed E-state index contributed by atoms with van der Waals surface area (Å²) in [5.74, 6) is 2.74. The van der Waals surface area contributed by atoms with E-state index in [1.54, 1.807) is 5.57 Å². The summed E-state index contributed by atoms with van der Waals surface area (Å²) < 4.78 is 12.5. The maximum atomic E-state index is 6.35. The summed E-state index contributed by atoms with van der Waals surface area (Å²) in [6.07, 6.45) is 17.5. The summed E-state index contributed by atoms with van der Waals surface area (Å²) in [6.45, 7) is 2.48. The third kappa shape index (κ3) is 3.65. The quantitative estimate of drug-likeness (QED) is 0.253. The number of ether oxygens (including phenoxy) is 2. The first-order valence-corrected chi connectivity index (χ1v) is 15.1. The molecule has 5 aliphatic rings. The van der Waals surface area contributed by atoms with Crippen LogP contribution in [0.25, 0.3) is 0 Å². The fourth-order valence-electron chi connectivity index (χ4n) is 7.87. The Kier molecular flexibility index (Phi) is 6.25. The topological polar surface area (TPSA) is 18.5 Å². The minimum Gasteiger partial charge on any atom is -0.378 e. The average molecular weight is 469 g/mol. The highest BCUT2D eigenvalue weighted by Crippen LogP contribution is 2.65. The van der Waals surface area contributed by atoms with Crippen molar-refractivity contribution in [1.29, 1.82) is 0 Å². The van der Waals surface area contributed by atoms with E-state index in [0.717, 1.165) is 31.7 Å². The van der Waals surface area contributed by atoms with Crippen molar-refractivity contribution in [1.82, 2.24) is 0 Å². The Bertz CT molecular complexity index is 881. The number of rotatable bonds is 5. The molecule has 1 saturated heterocycles. The van der Waals surface area contributed by atoms with E-state index in [2.05, 4.69) is 53.3 Å². The summed E-state index contributed by atoms with van der Waals surface area (Å²) in [5.41, 5.74) is 4.22. The van der Waals surface area contributed by atoms with Gasteiger partial charge in [-0.3, -0.25) is 0 Å². The van der Waals surface area contributed by atoms with Crippen LogP contribution in [0, 0.1) is 22.7 Å². The predicted molar refractivity (Wildman–Crippen MR) is 135 cm³/mol. The standard InChI is InChI=1S/C28H36O2S2/c1-2-7-22(8-3-1)32-31-19-16-27-14-5-4-6-21(27)9-10-23-24-11-12-26-28(24,15-13-25(23)27)20-29-17-18-30-26/h1-3,6-8,13,23-24,26H,4-5,9-12,14-20H2/t23-,24-,26?,27+,28+/m0/s1. The van der Waals surface area contributed by atoms with Crippen molar-refractivity contribution in [2.75, 3.05) is 25.6 Å². The Hall–Kier alpha value is -0.680. The molecule has 6 rings (SSSR count).